The number of rotatable bonds is 1. The van der Waals surface area contributed by atoms with Gasteiger partial charge in [-0.2, -0.15) is 4.74 Å². The SMILES string of the molecule is Cc1cccc2c1C(=O)C(c1ccc(Cl)c(Cl)c1)=[N+]2[O-]. The topological polar surface area (TPSA) is 43.1 Å². The molecule has 0 atom stereocenters. The standard InChI is InChI=1S/C15H9Cl2NO2/c1-8-3-2-4-12-13(8)15(19)14(18(12)20)9-5-6-10(16)11(17)7-9/h2-7H,1H3. The predicted molar refractivity (Wildman–Crippen MR) is 79.4 cm³/mol. The van der Waals surface area contributed by atoms with Gasteiger partial charge in [-0.25, -0.2) is 0 Å². The third-order valence-corrected chi connectivity index (χ3v) is 4.05. The average molecular weight is 306 g/mol. The molecule has 0 N–H and O–H groups in total. The van der Waals surface area contributed by atoms with Gasteiger partial charge in [-0.3, -0.25) is 4.79 Å². The van der Waals surface area contributed by atoms with E-state index in [1.807, 2.05) is 13.0 Å². The van der Waals surface area contributed by atoms with E-state index in [0.717, 1.165) is 5.56 Å². The smallest absolute Gasteiger partial charge is 0.273 e. The van der Waals surface area contributed by atoms with E-state index in [0.29, 0.717) is 31.6 Å². The summed E-state index contributed by atoms with van der Waals surface area (Å²) in [6, 6.07) is 9.92. The summed E-state index contributed by atoms with van der Waals surface area (Å²) in [4.78, 5) is 12.5. The van der Waals surface area contributed by atoms with Gasteiger partial charge in [0.2, 0.25) is 5.69 Å². The highest BCUT2D eigenvalue weighted by Crippen LogP contribution is 2.32. The second-order valence-electron chi connectivity index (χ2n) is 4.57. The van der Waals surface area contributed by atoms with Gasteiger partial charge in [0.15, 0.2) is 0 Å². The molecule has 1 aliphatic heterocycles. The Morgan fingerprint density at radius 2 is 1.85 bits per heavy atom. The summed E-state index contributed by atoms with van der Waals surface area (Å²) in [6.07, 6.45) is 0. The fourth-order valence-corrected chi connectivity index (χ4v) is 2.64. The normalized spacial score (nSPS) is 13.8. The molecule has 1 aliphatic rings. The number of carbonyl (C=O) groups is 1. The van der Waals surface area contributed by atoms with Crippen molar-refractivity contribution in [2.24, 2.45) is 0 Å². The van der Waals surface area contributed by atoms with Crippen molar-refractivity contribution in [1.29, 1.82) is 0 Å². The summed E-state index contributed by atoms with van der Waals surface area (Å²) in [5.41, 5.74) is 2.14. The van der Waals surface area contributed by atoms with Crippen molar-refractivity contribution in [3.05, 3.63) is 68.3 Å². The molecular weight excluding hydrogens is 297 g/mol. The van der Waals surface area contributed by atoms with Crippen LogP contribution in [-0.4, -0.2) is 16.2 Å². The first-order chi connectivity index (χ1) is 9.50. The molecule has 0 saturated carbocycles. The van der Waals surface area contributed by atoms with Crippen molar-refractivity contribution in [2.75, 3.05) is 0 Å². The van der Waals surface area contributed by atoms with E-state index in [1.54, 1.807) is 24.3 Å². The number of halogens is 2. The minimum Gasteiger partial charge on any atom is -0.618 e. The lowest BCUT2D eigenvalue weighted by Gasteiger charge is -2.03. The molecule has 0 bridgehead atoms. The number of Topliss-reactive ketones (excluding diaryl/α,β-unsaturated/α-hetero) is 1. The Bertz CT molecular complexity index is 781. The van der Waals surface area contributed by atoms with Gasteiger partial charge >= 0.3 is 0 Å². The van der Waals surface area contributed by atoms with Crippen molar-refractivity contribution >= 4 is 40.4 Å². The van der Waals surface area contributed by atoms with Crippen molar-refractivity contribution in [3.8, 4) is 0 Å². The van der Waals surface area contributed by atoms with Crippen LogP contribution in [0.25, 0.3) is 0 Å². The van der Waals surface area contributed by atoms with Crippen molar-refractivity contribution in [2.45, 2.75) is 6.92 Å². The third kappa shape index (κ3) is 1.82. The van der Waals surface area contributed by atoms with Crippen LogP contribution in [0.1, 0.15) is 21.5 Å². The van der Waals surface area contributed by atoms with E-state index < -0.39 is 0 Å². The zero-order chi connectivity index (χ0) is 14.4. The highest BCUT2D eigenvalue weighted by atomic mass is 35.5. The van der Waals surface area contributed by atoms with Crippen molar-refractivity contribution in [3.63, 3.8) is 0 Å². The predicted octanol–water partition coefficient (Wildman–Crippen LogP) is 4.13. The van der Waals surface area contributed by atoms with Crippen LogP contribution in [0.4, 0.5) is 5.69 Å². The summed E-state index contributed by atoms with van der Waals surface area (Å²) >= 11 is 11.8. The summed E-state index contributed by atoms with van der Waals surface area (Å²) in [6.45, 7) is 1.81. The molecular formula is C15H9Cl2NO2. The van der Waals surface area contributed by atoms with Crippen LogP contribution in [0.2, 0.25) is 10.0 Å². The number of hydrogen-bond acceptors (Lipinski definition) is 2. The molecule has 0 fully saturated rings. The maximum absolute atomic E-state index is 12.5. The quantitative estimate of drug-likeness (QED) is 0.587. The molecule has 3 rings (SSSR count). The lowest BCUT2D eigenvalue weighted by Crippen LogP contribution is -2.16. The maximum Gasteiger partial charge on any atom is 0.273 e. The summed E-state index contributed by atoms with van der Waals surface area (Å²) in [5, 5.41) is 13.0. The lowest BCUT2D eigenvalue weighted by atomic mass is 9.99. The van der Waals surface area contributed by atoms with E-state index in [4.69, 9.17) is 23.2 Å². The molecule has 0 aromatic heterocycles. The molecule has 0 radical (unpaired) electrons. The first-order valence-corrected chi connectivity index (χ1v) is 6.70. The first kappa shape index (κ1) is 13.2. The summed E-state index contributed by atoms with van der Waals surface area (Å²) in [5.74, 6) is -0.286. The van der Waals surface area contributed by atoms with Gasteiger partial charge in [0, 0.05) is 6.07 Å². The number of aryl methyl sites for hydroxylation is 1. The van der Waals surface area contributed by atoms with E-state index in [2.05, 4.69) is 0 Å². The third-order valence-electron chi connectivity index (χ3n) is 3.31. The second-order valence-corrected chi connectivity index (χ2v) is 5.38. The molecule has 5 heteroatoms. The zero-order valence-electron chi connectivity index (χ0n) is 10.5. The maximum atomic E-state index is 12.5. The molecule has 0 aliphatic carbocycles. The molecule has 2 aromatic rings. The van der Waals surface area contributed by atoms with E-state index in [9.17, 15) is 10.0 Å². The van der Waals surface area contributed by atoms with Crippen molar-refractivity contribution in [1.82, 2.24) is 0 Å². The number of hydrogen-bond donors (Lipinski definition) is 0. The Labute approximate surface area is 125 Å². The monoisotopic (exact) mass is 305 g/mol. The molecule has 20 heavy (non-hydrogen) atoms. The number of fused-ring (bicyclic) bond motifs is 1. The molecule has 0 unspecified atom stereocenters. The number of carbonyl (C=O) groups excluding carboxylic acids is 1. The van der Waals surface area contributed by atoms with Crippen molar-refractivity contribution < 1.29 is 9.53 Å². The summed E-state index contributed by atoms with van der Waals surface area (Å²) in [7, 11) is 0. The molecule has 2 aromatic carbocycles. The van der Waals surface area contributed by atoms with Crippen LogP contribution < -0.4 is 0 Å². The Kier molecular flexibility index (Phi) is 3.04. The minimum absolute atomic E-state index is 0.0767. The molecule has 1 heterocycles. The Balaban J connectivity index is 2.21. The second kappa shape index (κ2) is 4.62. The van der Waals surface area contributed by atoms with Crippen LogP contribution in [0.15, 0.2) is 36.4 Å². The Hall–Kier alpha value is -1.84. The largest absolute Gasteiger partial charge is 0.618 e. The Morgan fingerprint density at radius 3 is 2.50 bits per heavy atom. The lowest BCUT2D eigenvalue weighted by molar-refractivity contribution is -0.355. The van der Waals surface area contributed by atoms with E-state index >= 15 is 0 Å². The molecule has 0 spiro atoms. The highest BCUT2D eigenvalue weighted by molar-refractivity contribution is 6.53. The van der Waals surface area contributed by atoms with Gasteiger partial charge in [-0.1, -0.05) is 35.3 Å². The van der Waals surface area contributed by atoms with Gasteiger partial charge in [-0.15, -0.1) is 0 Å². The van der Waals surface area contributed by atoms with Gasteiger partial charge in [0.25, 0.3) is 11.5 Å². The summed E-state index contributed by atoms with van der Waals surface area (Å²) < 4.78 is 0.657. The molecule has 0 saturated heterocycles. The van der Waals surface area contributed by atoms with Gasteiger partial charge in [0.05, 0.1) is 15.6 Å². The zero-order valence-corrected chi connectivity index (χ0v) is 12.0. The van der Waals surface area contributed by atoms with Crippen LogP contribution >= 0.6 is 23.2 Å². The van der Waals surface area contributed by atoms with Gasteiger partial charge in [-0.05, 0) is 30.7 Å². The van der Waals surface area contributed by atoms with Crippen LogP contribution in [0, 0.1) is 12.1 Å². The fourth-order valence-electron chi connectivity index (χ4n) is 2.34. The van der Waals surface area contributed by atoms with Gasteiger partial charge < -0.3 is 5.21 Å². The number of nitrogens with zero attached hydrogens (tertiary/aromatic N) is 1. The number of benzene rings is 2. The average Bonchev–Trinajstić information content (AvgIpc) is 2.67. The first-order valence-electron chi connectivity index (χ1n) is 5.94. The molecule has 3 nitrogen and oxygen atoms in total. The van der Waals surface area contributed by atoms with Gasteiger partial charge in [0.1, 0.15) is 5.56 Å². The van der Waals surface area contributed by atoms with Crippen LogP contribution in [0.3, 0.4) is 0 Å². The van der Waals surface area contributed by atoms with Crippen LogP contribution in [0.5, 0.6) is 0 Å². The van der Waals surface area contributed by atoms with Crippen LogP contribution in [-0.2, 0) is 0 Å². The minimum atomic E-state index is -0.286. The fraction of sp³-hybridized carbons (Fsp3) is 0.0667. The Morgan fingerprint density at radius 1 is 1.10 bits per heavy atom. The number of ketones is 1. The molecule has 100 valence electrons. The molecule has 0 amide bonds. The highest BCUT2D eigenvalue weighted by Gasteiger charge is 2.37. The van der Waals surface area contributed by atoms with E-state index in [-0.39, 0.29) is 11.5 Å². The van der Waals surface area contributed by atoms with E-state index in [1.165, 1.54) is 6.07 Å².